The van der Waals surface area contributed by atoms with E-state index in [1.54, 1.807) is 11.3 Å². The molecule has 5 rings (SSSR count). The lowest BCUT2D eigenvalue weighted by molar-refractivity contribution is 0.117. The fourth-order valence-electron chi connectivity index (χ4n) is 4.45. The van der Waals surface area contributed by atoms with Gasteiger partial charge in [-0.3, -0.25) is 4.90 Å². The van der Waals surface area contributed by atoms with Crippen molar-refractivity contribution in [3.8, 4) is 33.8 Å². The quantitative estimate of drug-likeness (QED) is 0.446. The molecule has 0 bridgehead atoms. The van der Waals surface area contributed by atoms with E-state index in [0.717, 1.165) is 59.2 Å². The average Bonchev–Trinajstić information content (AvgIpc) is 3.48. The van der Waals surface area contributed by atoms with Crippen LogP contribution in [-0.4, -0.2) is 52.4 Å². The highest BCUT2D eigenvalue weighted by molar-refractivity contribution is 7.13. The van der Waals surface area contributed by atoms with E-state index in [4.69, 9.17) is 4.98 Å². The Morgan fingerprint density at radius 2 is 1.64 bits per heavy atom. The molecule has 3 aromatic heterocycles. The lowest BCUT2D eigenvalue weighted by Crippen LogP contribution is -2.45. The summed E-state index contributed by atoms with van der Waals surface area (Å²) >= 11 is 1.58. The molecule has 1 aliphatic rings. The third-order valence-corrected chi connectivity index (χ3v) is 7.42. The van der Waals surface area contributed by atoms with Crippen molar-refractivity contribution in [2.24, 2.45) is 0 Å². The number of thiophene rings is 1. The first-order chi connectivity index (χ1) is 16.1. The molecule has 164 valence electrons. The van der Waals surface area contributed by atoms with Gasteiger partial charge in [0.15, 0.2) is 0 Å². The molecule has 1 aliphatic heterocycles. The molecule has 6 nitrogen and oxygen atoms in total. The van der Waals surface area contributed by atoms with Gasteiger partial charge in [-0.1, -0.05) is 12.1 Å². The lowest BCUT2D eigenvalue weighted by atomic mass is 10.0. The predicted molar refractivity (Wildman–Crippen MR) is 131 cm³/mol. The van der Waals surface area contributed by atoms with Gasteiger partial charge in [0, 0.05) is 59.8 Å². The normalized spacial score (nSPS) is 15.9. The largest absolute Gasteiger partial charge is 0.304 e. The zero-order chi connectivity index (χ0) is 22.9. The van der Waals surface area contributed by atoms with Crippen LogP contribution in [-0.2, 0) is 0 Å². The Morgan fingerprint density at radius 3 is 2.30 bits per heavy atom. The van der Waals surface area contributed by atoms with Crippen LogP contribution in [0.5, 0.6) is 0 Å². The van der Waals surface area contributed by atoms with Gasteiger partial charge in [0.25, 0.3) is 0 Å². The zero-order valence-corrected chi connectivity index (χ0v) is 19.5. The molecule has 0 saturated carbocycles. The molecule has 1 aromatic carbocycles. The number of hydrogen-bond donors (Lipinski definition) is 0. The van der Waals surface area contributed by atoms with Crippen molar-refractivity contribution in [3.05, 3.63) is 70.9 Å². The highest BCUT2D eigenvalue weighted by Crippen LogP contribution is 2.35. The van der Waals surface area contributed by atoms with E-state index >= 15 is 0 Å². The van der Waals surface area contributed by atoms with E-state index in [9.17, 15) is 10.5 Å². The van der Waals surface area contributed by atoms with Crippen LogP contribution in [0.1, 0.15) is 29.8 Å². The van der Waals surface area contributed by atoms with E-state index < -0.39 is 0 Å². The van der Waals surface area contributed by atoms with Crippen molar-refractivity contribution < 1.29 is 0 Å². The monoisotopic (exact) mass is 452 g/mol. The minimum Gasteiger partial charge on any atom is -0.304 e. The number of hydrogen-bond acceptors (Lipinski definition) is 6. The number of likely N-dealkylation sites (N-methyl/N-ethyl adjacent to an activating group) is 1. The van der Waals surface area contributed by atoms with Gasteiger partial charge in [0.1, 0.15) is 11.7 Å². The van der Waals surface area contributed by atoms with E-state index in [1.807, 2.05) is 35.7 Å². The van der Waals surface area contributed by atoms with Crippen molar-refractivity contribution in [2.75, 3.05) is 33.2 Å². The van der Waals surface area contributed by atoms with Crippen LogP contribution in [0.25, 0.3) is 27.3 Å². The van der Waals surface area contributed by atoms with E-state index in [1.165, 1.54) is 0 Å². The van der Waals surface area contributed by atoms with Crippen molar-refractivity contribution in [2.45, 2.75) is 13.0 Å². The molecule has 1 saturated heterocycles. The summed E-state index contributed by atoms with van der Waals surface area (Å²) in [4.78, 5) is 11.0. The van der Waals surface area contributed by atoms with Gasteiger partial charge in [0.05, 0.1) is 28.6 Å². The van der Waals surface area contributed by atoms with Gasteiger partial charge >= 0.3 is 0 Å². The Balaban J connectivity index is 1.65. The summed E-state index contributed by atoms with van der Waals surface area (Å²) in [5.41, 5.74) is 6.41. The summed E-state index contributed by atoms with van der Waals surface area (Å²) in [6.07, 6.45) is 2.14. The second-order valence-corrected chi connectivity index (χ2v) is 9.42. The molecule has 0 aliphatic carbocycles. The third-order valence-electron chi connectivity index (χ3n) is 6.44. The number of pyridine rings is 1. The molecule has 1 fully saturated rings. The van der Waals surface area contributed by atoms with Crippen LogP contribution < -0.4 is 0 Å². The molecular formula is C26H24N6S. The fourth-order valence-corrected chi connectivity index (χ4v) is 5.28. The second-order valence-electron chi connectivity index (χ2n) is 8.51. The first-order valence-corrected chi connectivity index (χ1v) is 11.9. The second kappa shape index (κ2) is 8.80. The van der Waals surface area contributed by atoms with Crippen LogP contribution >= 0.6 is 11.3 Å². The van der Waals surface area contributed by atoms with Crippen LogP contribution in [0, 0.1) is 22.7 Å². The fraction of sp³-hybridized carbons (Fsp3) is 0.269. The zero-order valence-electron chi connectivity index (χ0n) is 18.7. The van der Waals surface area contributed by atoms with Crippen LogP contribution in [0.2, 0.25) is 0 Å². The maximum atomic E-state index is 9.23. The Bertz CT molecular complexity index is 1380. The summed E-state index contributed by atoms with van der Waals surface area (Å²) in [5.74, 6) is 0. The number of rotatable bonds is 4. The third kappa shape index (κ3) is 4.03. The summed E-state index contributed by atoms with van der Waals surface area (Å²) in [6, 6.07) is 18.3. The number of fused-ring (bicyclic) bond motifs is 1. The summed E-state index contributed by atoms with van der Waals surface area (Å²) in [7, 11) is 2.17. The molecule has 33 heavy (non-hydrogen) atoms. The summed E-state index contributed by atoms with van der Waals surface area (Å²) in [6.45, 7) is 6.37. The molecule has 7 heteroatoms. The Morgan fingerprint density at radius 1 is 0.939 bits per heavy atom. The van der Waals surface area contributed by atoms with Crippen LogP contribution in [0.15, 0.2) is 54.0 Å². The van der Waals surface area contributed by atoms with Crippen molar-refractivity contribution in [1.29, 1.82) is 10.5 Å². The Kier molecular flexibility index (Phi) is 5.70. The molecule has 0 spiro atoms. The molecule has 0 radical (unpaired) electrons. The number of nitriles is 2. The van der Waals surface area contributed by atoms with Gasteiger partial charge < -0.3 is 9.30 Å². The maximum Gasteiger partial charge on any atom is 0.137 e. The van der Waals surface area contributed by atoms with Gasteiger partial charge in [-0.2, -0.15) is 10.5 Å². The molecule has 4 aromatic rings. The van der Waals surface area contributed by atoms with Gasteiger partial charge in [-0.05, 0) is 44.3 Å². The molecular weight excluding hydrogens is 428 g/mol. The van der Waals surface area contributed by atoms with Crippen molar-refractivity contribution in [3.63, 3.8) is 0 Å². The van der Waals surface area contributed by atoms with Crippen LogP contribution in [0.3, 0.4) is 0 Å². The molecule has 4 heterocycles. The number of piperazine rings is 1. The van der Waals surface area contributed by atoms with E-state index in [0.29, 0.717) is 11.1 Å². The smallest absolute Gasteiger partial charge is 0.137 e. The molecule has 1 unspecified atom stereocenters. The first kappa shape index (κ1) is 21.4. The summed E-state index contributed by atoms with van der Waals surface area (Å²) in [5, 5.41) is 20.3. The predicted octanol–water partition coefficient (Wildman–Crippen LogP) is 4.78. The average molecular weight is 453 g/mol. The minimum absolute atomic E-state index is 0.174. The van der Waals surface area contributed by atoms with E-state index in [-0.39, 0.29) is 6.04 Å². The standard InChI is InChI=1S/C26H24N6S/c1-18(31-11-9-30(2)10-12-31)26-25(21-5-3-19(14-27)4-6-21)29-24-8-7-22(16-32(24)26)23-13-20(15-28)17-33-23/h3-8,13,16-18H,9-12H2,1-2H3. The van der Waals surface area contributed by atoms with Crippen molar-refractivity contribution >= 4 is 17.0 Å². The number of imidazole rings is 1. The van der Waals surface area contributed by atoms with Gasteiger partial charge in [-0.15, -0.1) is 11.3 Å². The van der Waals surface area contributed by atoms with Gasteiger partial charge in [-0.25, -0.2) is 4.98 Å². The highest BCUT2D eigenvalue weighted by Gasteiger charge is 2.27. The Labute approximate surface area is 197 Å². The topological polar surface area (TPSA) is 71.4 Å². The highest BCUT2D eigenvalue weighted by atomic mass is 32.1. The van der Waals surface area contributed by atoms with Crippen LogP contribution in [0.4, 0.5) is 0 Å². The number of benzene rings is 1. The van der Waals surface area contributed by atoms with Crippen molar-refractivity contribution in [1.82, 2.24) is 19.2 Å². The first-order valence-electron chi connectivity index (χ1n) is 11.0. The molecule has 0 amide bonds. The molecule has 1 atom stereocenters. The maximum absolute atomic E-state index is 9.23. The summed E-state index contributed by atoms with van der Waals surface area (Å²) < 4.78 is 2.21. The Hall–Kier alpha value is -3.49. The lowest BCUT2D eigenvalue weighted by Gasteiger charge is -2.36. The number of nitrogens with zero attached hydrogens (tertiary/aromatic N) is 6. The van der Waals surface area contributed by atoms with Gasteiger partial charge in [0.2, 0.25) is 0 Å². The number of aromatic nitrogens is 2. The minimum atomic E-state index is 0.174. The molecule has 0 N–H and O–H groups in total. The van der Waals surface area contributed by atoms with E-state index in [2.05, 4.69) is 58.6 Å². The SMILES string of the molecule is CC(c1c(-c2ccc(C#N)cc2)nc2ccc(-c3cc(C#N)cs3)cn12)N1CCN(C)CC1.